The maximum atomic E-state index is 6.02. The molecular weight excluding hydrogens is 356 g/mol. The smallest absolute Gasteiger partial charge is 0.222 e. The first kappa shape index (κ1) is 17.4. The van der Waals surface area contributed by atoms with Crippen LogP contribution in [-0.2, 0) is 12.3 Å². The molecule has 0 aliphatic heterocycles. The average Bonchev–Trinajstić information content (AvgIpc) is 3.07. The Morgan fingerprint density at radius 2 is 1.67 bits per heavy atom. The molecule has 4 aromatic rings. The molecule has 1 aromatic heterocycles. The first-order valence-electron chi connectivity index (χ1n) is 8.77. The Bertz CT molecular complexity index is 1030. The van der Waals surface area contributed by atoms with Gasteiger partial charge in [0.2, 0.25) is 5.95 Å². The first-order valence-corrected chi connectivity index (χ1v) is 9.76. The van der Waals surface area contributed by atoms with Crippen LogP contribution in [0.1, 0.15) is 5.56 Å². The summed E-state index contributed by atoms with van der Waals surface area (Å²) in [4.78, 5) is 0. The van der Waals surface area contributed by atoms with Gasteiger partial charge in [0.1, 0.15) is 12.4 Å². The molecule has 0 saturated heterocycles. The largest absolute Gasteiger partial charge is 0.491 e. The number of thioether (sulfide) groups is 1. The molecule has 27 heavy (non-hydrogen) atoms. The number of anilines is 1. The van der Waals surface area contributed by atoms with Crippen molar-refractivity contribution < 1.29 is 4.74 Å². The van der Waals surface area contributed by atoms with Crippen molar-refractivity contribution in [1.29, 1.82) is 0 Å². The molecule has 0 radical (unpaired) electrons. The van der Waals surface area contributed by atoms with Crippen LogP contribution >= 0.6 is 11.8 Å². The van der Waals surface area contributed by atoms with Gasteiger partial charge >= 0.3 is 0 Å². The summed E-state index contributed by atoms with van der Waals surface area (Å²) in [5.74, 6) is 2.11. The SMILES string of the molecule is Nc1nnc(SCc2ccccc2)n1CCOc1cccc2ccccc12. The fraction of sp³-hybridized carbons (Fsp3) is 0.143. The molecule has 0 aliphatic carbocycles. The fourth-order valence-corrected chi connectivity index (χ4v) is 3.83. The molecular formula is C21H20N4OS. The van der Waals surface area contributed by atoms with Gasteiger partial charge in [-0.3, -0.25) is 4.57 Å². The summed E-state index contributed by atoms with van der Waals surface area (Å²) in [6.45, 7) is 1.09. The van der Waals surface area contributed by atoms with E-state index in [9.17, 15) is 0 Å². The highest BCUT2D eigenvalue weighted by molar-refractivity contribution is 7.98. The maximum Gasteiger partial charge on any atom is 0.222 e. The van der Waals surface area contributed by atoms with E-state index >= 15 is 0 Å². The molecule has 3 aromatic carbocycles. The Labute approximate surface area is 162 Å². The number of nitrogens with two attached hydrogens (primary N) is 1. The number of rotatable bonds is 7. The van der Waals surface area contributed by atoms with E-state index in [2.05, 4.69) is 40.5 Å². The Morgan fingerprint density at radius 3 is 2.56 bits per heavy atom. The topological polar surface area (TPSA) is 66.0 Å². The van der Waals surface area contributed by atoms with Crippen molar-refractivity contribution in [3.05, 3.63) is 78.4 Å². The minimum atomic E-state index is 0.409. The van der Waals surface area contributed by atoms with Crippen LogP contribution in [0.15, 0.2) is 78.0 Å². The molecule has 0 amide bonds. The highest BCUT2D eigenvalue weighted by Crippen LogP contribution is 2.26. The van der Waals surface area contributed by atoms with Gasteiger partial charge in [0.05, 0.1) is 6.54 Å². The molecule has 0 atom stereocenters. The minimum absolute atomic E-state index is 0.409. The van der Waals surface area contributed by atoms with Gasteiger partial charge in [0.25, 0.3) is 0 Å². The van der Waals surface area contributed by atoms with E-state index in [4.69, 9.17) is 10.5 Å². The average molecular weight is 376 g/mol. The minimum Gasteiger partial charge on any atom is -0.491 e. The van der Waals surface area contributed by atoms with Gasteiger partial charge in [0, 0.05) is 11.1 Å². The van der Waals surface area contributed by atoms with Crippen LogP contribution in [0.25, 0.3) is 10.8 Å². The lowest BCUT2D eigenvalue weighted by Gasteiger charge is -2.11. The molecule has 1 heterocycles. The highest BCUT2D eigenvalue weighted by Gasteiger charge is 2.11. The zero-order chi connectivity index (χ0) is 18.5. The molecule has 5 nitrogen and oxygen atoms in total. The highest BCUT2D eigenvalue weighted by atomic mass is 32.2. The molecule has 0 aliphatic rings. The van der Waals surface area contributed by atoms with Gasteiger partial charge in [0.15, 0.2) is 5.16 Å². The van der Waals surface area contributed by atoms with Crippen LogP contribution in [0.5, 0.6) is 5.75 Å². The van der Waals surface area contributed by atoms with E-state index < -0.39 is 0 Å². The zero-order valence-corrected chi connectivity index (χ0v) is 15.6. The predicted molar refractivity (Wildman–Crippen MR) is 110 cm³/mol. The molecule has 4 rings (SSSR count). The van der Waals surface area contributed by atoms with Gasteiger partial charge in [-0.15, -0.1) is 10.2 Å². The second-order valence-electron chi connectivity index (χ2n) is 6.09. The molecule has 0 bridgehead atoms. The summed E-state index contributed by atoms with van der Waals surface area (Å²) in [6, 6.07) is 24.6. The van der Waals surface area contributed by atoms with E-state index in [0.29, 0.717) is 19.1 Å². The fourth-order valence-electron chi connectivity index (χ4n) is 2.91. The lowest BCUT2D eigenvalue weighted by molar-refractivity contribution is 0.298. The van der Waals surface area contributed by atoms with Crippen molar-refractivity contribution in [2.45, 2.75) is 17.5 Å². The monoisotopic (exact) mass is 376 g/mol. The lowest BCUT2D eigenvalue weighted by Crippen LogP contribution is -2.12. The standard InChI is InChI=1S/C21H20N4OS/c22-20-23-24-21(27-15-16-7-2-1-3-8-16)25(20)13-14-26-19-12-6-10-17-9-4-5-11-18(17)19/h1-12H,13-15H2,(H2,22,23). The van der Waals surface area contributed by atoms with E-state index in [1.54, 1.807) is 11.8 Å². The number of nitrogen functional groups attached to an aromatic ring is 1. The Morgan fingerprint density at radius 1 is 0.889 bits per heavy atom. The number of fused-ring (bicyclic) bond motifs is 1. The molecule has 0 unspecified atom stereocenters. The zero-order valence-electron chi connectivity index (χ0n) is 14.8. The van der Waals surface area contributed by atoms with Crippen molar-refractivity contribution in [3.63, 3.8) is 0 Å². The molecule has 0 fully saturated rings. The predicted octanol–water partition coefficient (Wildman–Crippen LogP) is 4.38. The van der Waals surface area contributed by atoms with Gasteiger partial charge in [-0.2, -0.15) is 0 Å². The number of aromatic nitrogens is 3. The summed E-state index contributed by atoms with van der Waals surface area (Å²) in [6.07, 6.45) is 0. The summed E-state index contributed by atoms with van der Waals surface area (Å²) in [5, 5.41) is 11.3. The number of ether oxygens (including phenoxy) is 1. The van der Waals surface area contributed by atoms with E-state index in [0.717, 1.165) is 27.4 Å². The third kappa shape index (κ3) is 4.06. The normalized spacial score (nSPS) is 11.0. The third-order valence-corrected chi connectivity index (χ3v) is 5.32. The summed E-state index contributed by atoms with van der Waals surface area (Å²) in [7, 11) is 0. The van der Waals surface area contributed by atoms with Crippen LogP contribution in [-0.4, -0.2) is 21.4 Å². The van der Waals surface area contributed by atoms with E-state index in [1.807, 2.05) is 47.0 Å². The van der Waals surface area contributed by atoms with Crippen LogP contribution in [0.3, 0.4) is 0 Å². The molecule has 2 N–H and O–H groups in total. The van der Waals surface area contributed by atoms with Crippen LogP contribution in [0.4, 0.5) is 5.95 Å². The maximum absolute atomic E-state index is 6.02. The number of nitrogens with zero attached hydrogens (tertiary/aromatic N) is 3. The third-order valence-electron chi connectivity index (χ3n) is 4.28. The summed E-state index contributed by atoms with van der Waals surface area (Å²) >= 11 is 1.62. The van der Waals surface area contributed by atoms with Crippen molar-refractivity contribution in [3.8, 4) is 5.75 Å². The van der Waals surface area contributed by atoms with E-state index in [-0.39, 0.29) is 0 Å². The summed E-state index contributed by atoms with van der Waals surface area (Å²) in [5.41, 5.74) is 7.24. The Hall–Kier alpha value is -2.99. The van der Waals surface area contributed by atoms with Crippen molar-refractivity contribution in [2.75, 3.05) is 12.3 Å². The van der Waals surface area contributed by atoms with Crippen LogP contribution < -0.4 is 10.5 Å². The van der Waals surface area contributed by atoms with Crippen molar-refractivity contribution >= 4 is 28.5 Å². The molecule has 136 valence electrons. The van der Waals surface area contributed by atoms with Crippen molar-refractivity contribution in [2.24, 2.45) is 0 Å². The molecule has 6 heteroatoms. The number of hydrogen-bond acceptors (Lipinski definition) is 5. The van der Waals surface area contributed by atoms with E-state index in [1.165, 1.54) is 5.56 Å². The second-order valence-corrected chi connectivity index (χ2v) is 7.03. The number of benzene rings is 3. The summed E-state index contributed by atoms with van der Waals surface area (Å²) < 4.78 is 7.93. The quantitative estimate of drug-likeness (QED) is 0.485. The van der Waals surface area contributed by atoms with Gasteiger partial charge in [-0.25, -0.2) is 0 Å². The second kappa shape index (κ2) is 8.14. The molecule has 0 saturated carbocycles. The van der Waals surface area contributed by atoms with Crippen LogP contribution in [0.2, 0.25) is 0 Å². The number of hydrogen-bond donors (Lipinski definition) is 1. The van der Waals surface area contributed by atoms with Crippen LogP contribution in [0, 0.1) is 0 Å². The molecule has 0 spiro atoms. The Kier molecular flexibility index (Phi) is 5.25. The first-order chi connectivity index (χ1) is 13.3. The van der Waals surface area contributed by atoms with Crippen molar-refractivity contribution in [1.82, 2.24) is 14.8 Å². The van der Waals surface area contributed by atoms with Gasteiger partial charge in [-0.1, -0.05) is 78.5 Å². The van der Waals surface area contributed by atoms with Gasteiger partial charge in [-0.05, 0) is 17.0 Å². The van der Waals surface area contributed by atoms with Gasteiger partial charge < -0.3 is 10.5 Å². The Balaban J connectivity index is 1.42. The lowest BCUT2D eigenvalue weighted by atomic mass is 10.1.